The standard InChI is InChI=1S/C13H10FNO4S/c1-19-12-7-13(10(14)6-11(12)15(17)18)20-9-4-2-8(16)3-5-9/h2-7,16H,1H3. The van der Waals surface area contributed by atoms with Gasteiger partial charge in [-0.3, -0.25) is 10.1 Å². The number of nitro groups is 1. The Morgan fingerprint density at radius 1 is 1.30 bits per heavy atom. The van der Waals surface area contributed by atoms with Gasteiger partial charge in [-0.1, -0.05) is 11.8 Å². The molecule has 0 saturated heterocycles. The van der Waals surface area contributed by atoms with Crippen molar-refractivity contribution < 1.29 is 19.2 Å². The topological polar surface area (TPSA) is 72.6 Å². The van der Waals surface area contributed by atoms with E-state index in [4.69, 9.17) is 4.74 Å². The fourth-order valence-corrected chi connectivity index (χ4v) is 2.40. The number of halogens is 1. The van der Waals surface area contributed by atoms with Gasteiger partial charge in [0.05, 0.1) is 23.0 Å². The number of hydrogen-bond acceptors (Lipinski definition) is 5. The zero-order valence-electron chi connectivity index (χ0n) is 10.4. The van der Waals surface area contributed by atoms with Crippen molar-refractivity contribution in [3.63, 3.8) is 0 Å². The monoisotopic (exact) mass is 295 g/mol. The highest BCUT2D eigenvalue weighted by Gasteiger charge is 2.19. The number of phenols is 1. The number of benzene rings is 2. The summed E-state index contributed by atoms with van der Waals surface area (Å²) < 4.78 is 18.8. The van der Waals surface area contributed by atoms with Crippen molar-refractivity contribution in [3.05, 3.63) is 52.3 Å². The van der Waals surface area contributed by atoms with Gasteiger partial charge in [-0.25, -0.2) is 4.39 Å². The largest absolute Gasteiger partial charge is 0.508 e. The third-order valence-corrected chi connectivity index (χ3v) is 3.54. The summed E-state index contributed by atoms with van der Waals surface area (Å²) in [5.74, 6) is -0.593. The Morgan fingerprint density at radius 2 is 1.95 bits per heavy atom. The molecule has 0 radical (unpaired) electrons. The number of nitrogens with zero attached hydrogens (tertiary/aromatic N) is 1. The Bertz CT molecular complexity index is 646. The van der Waals surface area contributed by atoms with Gasteiger partial charge in [-0.05, 0) is 24.3 Å². The number of phenolic OH excluding ortho intramolecular Hbond substituents is 1. The van der Waals surface area contributed by atoms with E-state index >= 15 is 0 Å². The molecular weight excluding hydrogens is 285 g/mol. The number of hydrogen-bond donors (Lipinski definition) is 1. The predicted octanol–water partition coefficient (Wildman–Crippen LogP) is 3.60. The summed E-state index contributed by atoms with van der Waals surface area (Å²) >= 11 is 1.08. The summed E-state index contributed by atoms with van der Waals surface area (Å²) in [6.45, 7) is 0. The third-order valence-electron chi connectivity index (χ3n) is 2.49. The maximum atomic E-state index is 13.9. The average Bonchev–Trinajstić information content (AvgIpc) is 2.42. The van der Waals surface area contributed by atoms with E-state index < -0.39 is 16.4 Å². The van der Waals surface area contributed by atoms with Crippen molar-refractivity contribution in [1.82, 2.24) is 0 Å². The quantitative estimate of drug-likeness (QED) is 0.689. The molecule has 0 aromatic heterocycles. The van der Waals surface area contributed by atoms with E-state index in [9.17, 15) is 19.6 Å². The summed E-state index contributed by atoms with van der Waals surface area (Å²) in [6.07, 6.45) is 0. The first kappa shape index (κ1) is 14.1. The van der Waals surface area contributed by atoms with E-state index in [1.54, 1.807) is 12.1 Å². The van der Waals surface area contributed by atoms with Gasteiger partial charge in [-0.15, -0.1) is 0 Å². The van der Waals surface area contributed by atoms with E-state index in [1.165, 1.54) is 25.3 Å². The summed E-state index contributed by atoms with van der Waals surface area (Å²) in [5.41, 5.74) is -0.417. The van der Waals surface area contributed by atoms with E-state index in [0.29, 0.717) is 4.90 Å². The highest BCUT2D eigenvalue weighted by atomic mass is 32.2. The predicted molar refractivity (Wildman–Crippen MR) is 71.8 cm³/mol. The first-order valence-electron chi connectivity index (χ1n) is 5.50. The Balaban J connectivity index is 2.37. The second-order valence-corrected chi connectivity index (χ2v) is 4.92. The molecule has 0 bridgehead atoms. The maximum absolute atomic E-state index is 13.9. The molecule has 0 saturated carbocycles. The van der Waals surface area contributed by atoms with Crippen LogP contribution in [0.4, 0.5) is 10.1 Å². The van der Waals surface area contributed by atoms with Crippen LogP contribution in [0.3, 0.4) is 0 Å². The molecule has 20 heavy (non-hydrogen) atoms. The van der Waals surface area contributed by atoms with Crippen LogP contribution < -0.4 is 4.74 Å². The fraction of sp³-hybridized carbons (Fsp3) is 0.0769. The third kappa shape index (κ3) is 3.00. The smallest absolute Gasteiger partial charge is 0.313 e. The molecular formula is C13H10FNO4S. The number of aromatic hydroxyl groups is 1. The second kappa shape index (κ2) is 5.79. The molecule has 0 spiro atoms. The van der Waals surface area contributed by atoms with Crippen molar-refractivity contribution in [3.8, 4) is 11.5 Å². The van der Waals surface area contributed by atoms with Crippen LogP contribution in [0.25, 0.3) is 0 Å². The van der Waals surface area contributed by atoms with Crippen LogP contribution in [0.1, 0.15) is 0 Å². The summed E-state index contributed by atoms with van der Waals surface area (Å²) in [4.78, 5) is 11.0. The Labute approximate surface area is 118 Å². The van der Waals surface area contributed by atoms with Crippen LogP contribution in [-0.4, -0.2) is 17.1 Å². The lowest BCUT2D eigenvalue weighted by Gasteiger charge is -2.07. The molecule has 0 aliphatic rings. The van der Waals surface area contributed by atoms with Gasteiger partial charge >= 0.3 is 5.69 Å². The highest BCUT2D eigenvalue weighted by molar-refractivity contribution is 7.99. The van der Waals surface area contributed by atoms with Gasteiger partial charge in [0.15, 0.2) is 5.75 Å². The second-order valence-electron chi connectivity index (χ2n) is 3.81. The molecule has 104 valence electrons. The van der Waals surface area contributed by atoms with Crippen LogP contribution in [-0.2, 0) is 0 Å². The van der Waals surface area contributed by atoms with E-state index in [-0.39, 0.29) is 16.4 Å². The zero-order valence-corrected chi connectivity index (χ0v) is 11.2. The average molecular weight is 295 g/mol. The number of methoxy groups -OCH3 is 1. The molecule has 0 amide bonds. The van der Waals surface area contributed by atoms with Gasteiger partial charge in [0.25, 0.3) is 0 Å². The van der Waals surface area contributed by atoms with Gasteiger partial charge in [-0.2, -0.15) is 0 Å². The van der Waals surface area contributed by atoms with Gasteiger partial charge in [0.1, 0.15) is 11.6 Å². The molecule has 2 aromatic carbocycles. The van der Waals surface area contributed by atoms with E-state index in [1.807, 2.05) is 0 Å². The van der Waals surface area contributed by atoms with E-state index in [0.717, 1.165) is 17.8 Å². The summed E-state index contributed by atoms with van der Waals surface area (Å²) in [7, 11) is 1.29. The normalized spacial score (nSPS) is 10.3. The molecule has 0 fully saturated rings. The molecule has 1 N–H and O–H groups in total. The molecule has 0 atom stereocenters. The van der Waals surface area contributed by atoms with Crippen molar-refractivity contribution in [1.29, 1.82) is 0 Å². The Hall–Kier alpha value is -2.28. The van der Waals surface area contributed by atoms with Gasteiger partial charge in [0.2, 0.25) is 0 Å². The SMILES string of the molecule is COc1cc(Sc2ccc(O)cc2)c(F)cc1[N+](=O)[O-]. The van der Waals surface area contributed by atoms with Crippen LogP contribution in [0.5, 0.6) is 11.5 Å². The molecule has 0 heterocycles. The lowest BCUT2D eigenvalue weighted by Crippen LogP contribution is -1.96. The van der Waals surface area contributed by atoms with Gasteiger partial charge < -0.3 is 9.84 Å². The Kier molecular flexibility index (Phi) is 4.09. The lowest BCUT2D eigenvalue weighted by molar-refractivity contribution is -0.386. The van der Waals surface area contributed by atoms with Crippen LogP contribution >= 0.6 is 11.8 Å². The van der Waals surface area contributed by atoms with Crippen molar-refractivity contribution in [2.75, 3.05) is 7.11 Å². The maximum Gasteiger partial charge on any atom is 0.313 e. The molecule has 2 rings (SSSR count). The summed E-state index contributed by atoms with van der Waals surface area (Å²) in [6, 6.07) is 8.30. The van der Waals surface area contributed by atoms with Crippen molar-refractivity contribution in [2.45, 2.75) is 9.79 Å². The molecule has 2 aromatic rings. The molecule has 0 aliphatic heterocycles. The number of nitro benzene ring substituents is 1. The number of ether oxygens (including phenoxy) is 1. The van der Waals surface area contributed by atoms with Crippen LogP contribution in [0, 0.1) is 15.9 Å². The van der Waals surface area contributed by atoms with Crippen LogP contribution in [0.15, 0.2) is 46.2 Å². The van der Waals surface area contributed by atoms with Gasteiger partial charge in [0, 0.05) is 11.0 Å². The van der Waals surface area contributed by atoms with E-state index in [2.05, 4.69) is 0 Å². The number of rotatable bonds is 4. The lowest BCUT2D eigenvalue weighted by atomic mass is 10.3. The molecule has 0 aliphatic carbocycles. The fourth-order valence-electron chi connectivity index (χ4n) is 1.55. The summed E-state index contributed by atoms with van der Waals surface area (Å²) in [5, 5.41) is 19.9. The minimum atomic E-state index is -0.699. The molecule has 5 nitrogen and oxygen atoms in total. The Morgan fingerprint density at radius 3 is 2.50 bits per heavy atom. The molecule has 0 unspecified atom stereocenters. The van der Waals surface area contributed by atoms with Crippen molar-refractivity contribution in [2.24, 2.45) is 0 Å². The molecule has 7 heteroatoms. The minimum Gasteiger partial charge on any atom is -0.508 e. The van der Waals surface area contributed by atoms with Crippen LogP contribution in [0.2, 0.25) is 0 Å². The minimum absolute atomic E-state index is 0.00215. The van der Waals surface area contributed by atoms with Crippen molar-refractivity contribution >= 4 is 17.4 Å². The first-order chi connectivity index (χ1) is 9.51. The highest BCUT2D eigenvalue weighted by Crippen LogP contribution is 2.37. The first-order valence-corrected chi connectivity index (χ1v) is 6.31. The zero-order chi connectivity index (χ0) is 14.7.